The zero-order chi connectivity index (χ0) is 12.3. The van der Waals surface area contributed by atoms with Crippen molar-refractivity contribution in [3.05, 3.63) is 0 Å². The Morgan fingerprint density at radius 3 is 2.00 bits per heavy atom. The highest BCUT2D eigenvalue weighted by Crippen LogP contribution is 2.20. The van der Waals surface area contributed by atoms with Crippen molar-refractivity contribution in [2.75, 3.05) is 18.2 Å². The molecule has 0 aromatic heterocycles. The molecule has 0 saturated carbocycles. The Hall–Kier alpha value is 0.200. The van der Waals surface area contributed by atoms with E-state index in [9.17, 15) is 8.42 Å². The molecule has 0 aliphatic rings. The van der Waals surface area contributed by atoms with Crippen LogP contribution >= 0.6 is 11.6 Å². The number of nitrogens with zero attached hydrogens (tertiary/aromatic N) is 1. The zero-order valence-corrected chi connectivity index (χ0v) is 11.8. The second-order valence-electron chi connectivity index (χ2n) is 5.21. The van der Waals surface area contributed by atoms with E-state index in [1.165, 1.54) is 4.31 Å². The molecule has 0 aromatic carbocycles. The molecule has 0 heterocycles. The van der Waals surface area contributed by atoms with Crippen LogP contribution in [0.2, 0.25) is 0 Å². The molecule has 0 atom stereocenters. The molecule has 3 nitrogen and oxygen atoms in total. The Labute approximate surface area is 98.8 Å². The van der Waals surface area contributed by atoms with Crippen LogP contribution < -0.4 is 0 Å². The zero-order valence-electron chi connectivity index (χ0n) is 10.2. The molecule has 0 unspecified atom stereocenters. The van der Waals surface area contributed by atoms with Gasteiger partial charge in [-0.25, -0.2) is 8.42 Å². The maximum absolute atomic E-state index is 12.0. The van der Waals surface area contributed by atoms with Gasteiger partial charge >= 0.3 is 0 Å². The van der Waals surface area contributed by atoms with Crippen LogP contribution in [-0.4, -0.2) is 36.9 Å². The standard InChI is InChI=1S/C10H22ClNO2S/c1-9(2)12(7-6-11)15(13,14)8-10(3,4)5/h9H,6-8H2,1-5H3. The lowest BCUT2D eigenvalue weighted by atomic mass is 10.0. The fourth-order valence-corrected chi connectivity index (χ4v) is 3.99. The average molecular weight is 256 g/mol. The quantitative estimate of drug-likeness (QED) is 0.707. The van der Waals surface area contributed by atoms with Crippen molar-refractivity contribution in [3.63, 3.8) is 0 Å². The van der Waals surface area contributed by atoms with E-state index >= 15 is 0 Å². The maximum atomic E-state index is 12.0. The molecule has 0 aliphatic carbocycles. The molecule has 0 bridgehead atoms. The van der Waals surface area contributed by atoms with E-state index in [0.717, 1.165) is 0 Å². The van der Waals surface area contributed by atoms with Crippen LogP contribution in [0.1, 0.15) is 34.6 Å². The van der Waals surface area contributed by atoms with Gasteiger partial charge in [0.25, 0.3) is 0 Å². The fraction of sp³-hybridized carbons (Fsp3) is 1.00. The minimum Gasteiger partial charge on any atom is -0.212 e. The molecular weight excluding hydrogens is 234 g/mol. The van der Waals surface area contributed by atoms with Crippen molar-refractivity contribution in [3.8, 4) is 0 Å². The summed E-state index contributed by atoms with van der Waals surface area (Å²) in [6.07, 6.45) is 0. The van der Waals surface area contributed by atoms with Crippen molar-refractivity contribution in [1.29, 1.82) is 0 Å². The highest BCUT2D eigenvalue weighted by Gasteiger charge is 2.29. The monoisotopic (exact) mass is 255 g/mol. The van der Waals surface area contributed by atoms with Crippen molar-refractivity contribution < 1.29 is 8.42 Å². The van der Waals surface area contributed by atoms with E-state index in [2.05, 4.69) is 0 Å². The number of halogens is 1. The highest BCUT2D eigenvalue weighted by atomic mass is 35.5. The van der Waals surface area contributed by atoms with Gasteiger partial charge in [0.1, 0.15) is 0 Å². The van der Waals surface area contributed by atoms with Crippen molar-refractivity contribution in [2.45, 2.75) is 40.7 Å². The minimum absolute atomic E-state index is 0.0314. The van der Waals surface area contributed by atoms with Crippen LogP contribution in [-0.2, 0) is 10.0 Å². The van der Waals surface area contributed by atoms with Gasteiger partial charge in [-0.1, -0.05) is 20.8 Å². The van der Waals surface area contributed by atoms with Crippen molar-refractivity contribution in [1.82, 2.24) is 4.31 Å². The summed E-state index contributed by atoms with van der Waals surface area (Å²) in [5.41, 5.74) is -0.224. The average Bonchev–Trinajstić information content (AvgIpc) is 1.93. The van der Waals surface area contributed by atoms with Crippen LogP contribution in [0.15, 0.2) is 0 Å². The Balaban J connectivity index is 4.81. The molecule has 0 amide bonds. The van der Waals surface area contributed by atoms with Gasteiger partial charge < -0.3 is 0 Å². The number of rotatable bonds is 5. The third-order valence-corrected chi connectivity index (χ3v) is 4.57. The molecule has 0 spiro atoms. The summed E-state index contributed by atoms with van der Waals surface area (Å²) >= 11 is 5.61. The van der Waals surface area contributed by atoms with E-state index < -0.39 is 10.0 Å². The molecular formula is C10H22ClNO2S. The number of sulfonamides is 1. The minimum atomic E-state index is -3.19. The van der Waals surface area contributed by atoms with E-state index in [0.29, 0.717) is 12.4 Å². The third kappa shape index (κ3) is 5.73. The third-order valence-electron chi connectivity index (χ3n) is 1.85. The topological polar surface area (TPSA) is 37.4 Å². The van der Waals surface area contributed by atoms with E-state index in [1.54, 1.807) is 0 Å². The van der Waals surface area contributed by atoms with Crippen molar-refractivity contribution in [2.24, 2.45) is 5.41 Å². The summed E-state index contributed by atoms with van der Waals surface area (Å²) in [5.74, 6) is 0.497. The van der Waals surface area contributed by atoms with Gasteiger partial charge in [-0.3, -0.25) is 0 Å². The summed E-state index contributed by atoms with van der Waals surface area (Å²) < 4.78 is 25.6. The summed E-state index contributed by atoms with van der Waals surface area (Å²) in [7, 11) is -3.19. The smallest absolute Gasteiger partial charge is 0.212 e. The predicted octanol–water partition coefficient (Wildman–Crippen LogP) is 2.31. The lowest BCUT2D eigenvalue weighted by Gasteiger charge is -2.28. The molecule has 0 N–H and O–H groups in total. The van der Waals surface area contributed by atoms with Gasteiger partial charge in [0.15, 0.2) is 0 Å². The first-order chi connectivity index (χ1) is 6.60. The molecule has 0 rings (SSSR count). The van der Waals surface area contributed by atoms with E-state index in [1.807, 2.05) is 34.6 Å². The number of hydrogen-bond acceptors (Lipinski definition) is 2. The summed E-state index contributed by atoms with van der Waals surface area (Å²) in [6, 6.07) is -0.0314. The van der Waals surface area contributed by atoms with Gasteiger partial charge in [-0.2, -0.15) is 4.31 Å². The molecule has 0 radical (unpaired) electrons. The van der Waals surface area contributed by atoms with Gasteiger partial charge in [-0.05, 0) is 19.3 Å². The van der Waals surface area contributed by atoms with Crippen LogP contribution in [0, 0.1) is 5.41 Å². The fourth-order valence-electron chi connectivity index (χ4n) is 1.43. The first-order valence-electron chi connectivity index (χ1n) is 5.15. The summed E-state index contributed by atoms with van der Waals surface area (Å²) in [5, 5.41) is 0. The van der Waals surface area contributed by atoms with Gasteiger partial charge in [0, 0.05) is 18.5 Å². The highest BCUT2D eigenvalue weighted by molar-refractivity contribution is 7.89. The molecule has 15 heavy (non-hydrogen) atoms. The summed E-state index contributed by atoms with van der Waals surface area (Å²) in [6.45, 7) is 9.88. The SMILES string of the molecule is CC(C)N(CCCl)S(=O)(=O)CC(C)(C)C. The normalized spacial score (nSPS) is 13.9. The Kier molecular flexibility index (Phi) is 5.58. The first-order valence-corrected chi connectivity index (χ1v) is 7.30. The van der Waals surface area contributed by atoms with Gasteiger partial charge in [0.05, 0.1) is 5.75 Å². The lowest BCUT2D eigenvalue weighted by Crippen LogP contribution is -2.42. The Morgan fingerprint density at radius 2 is 1.73 bits per heavy atom. The second-order valence-corrected chi connectivity index (χ2v) is 7.51. The van der Waals surface area contributed by atoms with E-state index in [-0.39, 0.29) is 17.2 Å². The molecule has 0 aromatic rings. The van der Waals surface area contributed by atoms with Crippen LogP contribution in [0.5, 0.6) is 0 Å². The van der Waals surface area contributed by atoms with Crippen molar-refractivity contribution >= 4 is 21.6 Å². The van der Waals surface area contributed by atoms with Gasteiger partial charge in [0.2, 0.25) is 10.0 Å². The maximum Gasteiger partial charge on any atom is 0.214 e. The predicted molar refractivity (Wildman–Crippen MR) is 65.8 cm³/mol. The van der Waals surface area contributed by atoms with Gasteiger partial charge in [-0.15, -0.1) is 11.6 Å². The molecule has 0 aliphatic heterocycles. The Bertz CT molecular complexity index is 280. The molecule has 92 valence electrons. The second kappa shape index (κ2) is 5.51. The van der Waals surface area contributed by atoms with Crippen LogP contribution in [0.25, 0.3) is 0 Å². The van der Waals surface area contributed by atoms with E-state index in [4.69, 9.17) is 11.6 Å². The number of hydrogen-bond donors (Lipinski definition) is 0. The van der Waals surface area contributed by atoms with Crippen LogP contribution in [0.4, 0.5) is 0 Å². The molecule has 0 saturated heterocycles. The largest absolute Gasteiger partial charge is 0.214 e. The number of alkyl halides is 1. The lowest BCUT2D eigenvalue weighted by molar-refractivity contribution is 0.356. The molecule has 5 heteroatoms. The first kappa shape index (κ1) is 15.2. The van der Waals surface area contributed by atoms with Crippen LogP contribution in [0.3, 0.4) is 0 Å². The Morgan fingerprint density at radius 1 is 1.27 bits per heavy atom. The molecule has 0 fully saturated rings. The summed E-state index contributed by atoms with van der Waals surface area (Å²) in [4.78, 5) is 0.